The number of nitrogens with zero attached hydrogens (tertiary/aromatic N) is 3. The fourth-order valence-electron chi connectivity index (χ4n) is 2.94. The highest BCUT2D eigenvalue weighted by Crippen LogP contribution is 2.30. The number of aromatic nitrogens is 2. The fourth-order valence-corrected chi connectivity index (χ4v) is 2.94. The average Bonchev–Trinajstić information content (AvgIpc) is 3.22. The molecule has 3 aromatic rings. The third-order valence-electron chi connectivity index (χ3n) is 4.74. The van der Waals surface area contributed by atoms with E-state index in [1.807, 2.05) is 43.3 Å². The summed E-state index contributed by atoms with van der Waals surface area (Å²) in [4.78, 5) is 14.7. The van der Waals surface area contributed by atoms with Crippen LogP contribution in [0.1, 0.15) is 21.6 Å². The van der Waals surface area contributed by atoms with E-state index in [0.717, 1.165) is 30.0 Å². The van der Waals surface area contributed by atoms with E-state index in [1.54, 1.807) is 0 Å². The lowest BCUT2D eigenvalue weighted by Crippen LogP contribution is -2.24. The summed E-state index contributed by atoms with van der Waals surface area (Å²) < 4.78 is 51.1. The summed E-state index contributed by atoms with van der Waals surface area (Å²) >= 11 is 0. The van der Waals surface area contributed by atoms with Crippen molar-refractivity contribution in [1.82, 2.24) is 20.0 Å². The third-order valence-corrected chi connectivity index (χ3v) is 4.74. The van der Waals surface area contributed by atoms with Crippen LogP contribution in [0.15, 0.2) is 54.7 Å². The van der Waals surface area contributed by atoms with E-state index in [0.29, 0.717) is 6.61 Å². The highest BCUT2D eigenvalue weighted by Gasteiger charge is 2.30. The van der Waals surface area contributed by atoms with Crippen LogP contribution in [-0.2, 0) is 12.7 Å². The molecule has 7 nitrogen and oxygen atoms in total. The largest absolute Gasteiger partial charge is 0.493 e. The predicted octanol–water partition coefficient (Wildman–Crippen LogP) is 3.77. The van der Waals surface area contributed by atoms with Crippen LogP contribution in [-0.4, -0.2) is 54.9 Å². The van der Waals surface area contributed by atoms with Crippen molar-refractivity contribution in [3.05, 3.63) is 71.5 Å². The van der Waals surface area contributed by atoms with Crippen LogP contribution >= 0.6 is 0 Å². The number of likely N-dealkylation sites (N-methyl/N-ethyl adjacent to an activating group) is 1. The van der Waals surface area contributed by atoms with Gasteiger partial charge in [-0.05, 0) is 50.0 Å². The first-order valence-corrected chi connectivity index (χ1v) is 10.1. The quantitative estimate of drug-likeness (QED) is 0.524. The van der Waals surface area contributed by atoms with Gasteiger partial charge in [-0.1, -0.05) is 18.2 Å². The average molecular weight is 462 g/mol. The Bertz CT molecular complexity index is 1080. The van der Waals surface area contributed by atoms with Gasteiger partial charge in [0, 0.05) is 13.1 Å². The molecule has 2 aromatic carbocycles. The Morgan fingerprint density at radius 1 is 1.15 bits per heavy atom. The van der Waals surface area contributed by atoms with Gasteiger partial charge in [-0.3, -0.25) is 4.79 Å². The first kappa shape index (κ1) is 24.1. The highest BCUT2D eigenvalue weighted by molar-refractivity contribution is 5.94. The van der Waals surface area contributed by atoms with Crippen LogP contribution in [0.3, 0.4) is 0 Å². The monoisotopic (exact) mass is 462 g/mol. The molecule has 0 atom stereocenters. The lowest BCUT2D eigenvalue weighted by atomic mass is 10.2. The molecule has 0 saturated carbocycles. The molecule has 1 heterocycles. The standard InChI is InChI=1S/C23H25F3N4O3/c1-29(2)11-12-33-19-9-7-16(8-10-19)14-27-22(31)21-20(32-3)15-30(28-21)18-6-4-5-17(13-18)23(24,25)26/h4-10,13,15H,11-12,14H2,1-3H3,(H,27,31). The van der Waals surface area contributed by atoms with Crippen molar-refractivity contribution in [3.8, 4) is 17.2 Å². The second kappa shape index (κ2) is 10.4. The zero-order chi connectivity index (χ0) is 24.0. The van der Waals surface area contributed by atoms with E-state index in [2.05, 4.69) is 10.4 Å². The van der Waals surface area contributed by atoms with E-state index in [4.69, 9.17) is 9.47 Å². The number of hydrogen-bond acceptors (Lipinski definition) is 5. The summed E-state index contributed by atoms with van der Waals surface area (Å²) in [5.74, 6) is 0.367. The molecule has 10 heteroatoms. The van der Waals surface area contributed by atoms with Gasteiger partial charge in [-0.2, -0.15) is 18.3 Å². The van der Waals surface area contributed by atoms with Crippen molar-refractivity contribution in [2.24, 2.45) is 0 Å². The maximum Gasteiger partial charge on any atom is 0.416 e. The first-order chi connectivity index (χ1) is 15.7. The van der Waals surface area contributed by atoms with Gasteiger partial charge < -0.3 is 19.7 Å². The van der Waals surface area contributed by atoms with Gasteiger partial charge >= 0.3 is 6.18 Å². The summed E-state index contributed by atoms with van der Waals surface area (Å²) in [7, 11) is 5.29. The van der Waals surface area contributed by atoms with Gasteiger partial charge in [0.15, 0.2) is 11.4 Å². The molecule has 0 fully saturated rings. The number of carbonyl (C=O) groups is 1. The van der Waals surface area contributed by atoms with Gasteiger partial charge in [0.2, 0.25) is 0 Å². The SMILES string of the molecule is COc1cn(-c2cccc(C(F)(F)F)c2)nc1C(=O)NCc1ccc(OCCN(C)C)cc1. The molecule has 33 heavy (non-hydrogen) atoms. The van der Waals surface area contributed by atoms with Crippen molar-refractivity contribution in [1.29, 1.82) is 0 Å². The van der Waals surface area contributed by atoms with E-state index < -0.39 is 17.6 Å². The molecule has 0 aliphatic carbocycles. The summed E-state index contributed by atoms with van der Waals surface area (Å²) in [6.07, 6.45) is -3.12. The first-order valence-electron chi connectivity index (χ1n) is 10.1. The van der Waals surface area contributed by atoms with Gasteiger partial charge in [-0.25, -0.2) is 4.68 Å². The number of nitrogens with one attached hydrogen (secondary N) is 1. The molecule has 1 aromatic heterocycles. The lowest BCUT2D eigenvalue weighted by molar-refractivity contribution is -0.137. The molecule has 0 aliphatic rings. The minimum atomic E-state index is -4.49. The second-order valence-electron chi connectivity index (χ2n) is 7.52. The maximum atomic E-state index is 13.0. The Morgan fingerprint density at radius 2 is 1.88 bits per heavy atom. The van der Waals surface area contributed by atoms with Crippen LogP contribution < -0.4 is 14.8 Å². The van der Waals surface area contributed by atoms with Crippen LogP contribution in [0, 0.1) is 0 Å². The molecular formula is C23H25F3N4O3. The zero-order valence-electron chi connectivity index (χ0n) is 18.5. The van der Waals surface area contributed by atoms with E-state index in [9.17, 15) is 18.0 Å². The number of rotatable bonds is 9. The Morgan fingerprint density at radius 3 is 2.52 bits per heavy atom. The molecule has 0 bridgehead atoms. The van der Waals surface area contributed by atoms with Crippen molar-refractivity contribution in [3.63, 3.8) is 0 Å². The summed E-state index contributed by atoms with van der Waals surface area (Å²) in [5.41, 5.74) is 0.166. The smallest absolute Gasteiger partial charge is 0.416 e. The second-order valence-corrected chi connectivity index (χ2v) is 7.52. The minimum absolute atomic E-state index is 0.0291. The molecule has 1 N–H and O–H groups in total. The third kappa shape index (κ3) is 6.48. The number of benzene rings is 2. The van der Waals surface area contributed by atoms with Crippen molar-refractivity contribution < 1.29 is 27.4 Å². The predicted molar refractivity (Wildman–Crippen MR) is 117 cm³/mol. The van der Waals surface area contributed by atoms with Crippen molar-refractivity contribution in [2.45, 2.75) is 12.7 Å². The van der Waals surface area contributed by atoms with Crippen molar-refractivity contribution in [2.75, 3.05) is 34.4 Å². The topological polar surface area (TPSA) is 68.6 Å². The van der Waals surface area contributed by atoms with Gasteiger partial charge in [0.1, 0.15) is 12.4 Å². The number of amides is 1. The van der Waals surface area contributed by atoms with Gasteiger partial charge in [0.05, 0.1) is 24.6 Å². The molecule has 1 amide bonds. The highest BCUT2D eigenvalue weighted by atomic mass is 19.4. The number of hydrogen-bond donors (Lipinski definition) is 1. The number of halogens is 3. The molecule has 0 unspecified atom stereocenters. The molecule has 0 saturated heterocycles. The summed E-state index contributed by atoms with van der Waals surface area (Å²) in [6.45, 7) is 1.60. The van der Waals surface area contributed by atoms with Crippen LogP contribution in [0.25, 0.3) is 5.69 Å². The van der Waals surface area contributed by atoms with Crippen LogP contribution in [0.2, 0.25) is 0 Å². The van der Waals surface area contributed by atoms with Crippen LogP contribution in [0.5, 0.6) is 11.5 Å². The lowest BCUT2D eigenvalue weighted by Gasteiger charge is -2.11. The Kier molecular flexibility index (Phi) is 7.59. The van der Waals surface area contributed by atoms with E-state index in [-0.39, 0.29) is 23.7 Å². The zero-order valence-corrected chi connectivity index (χ0v) is 18.5. The Labute approximate surface area is 189 Å². The van der Waals surface area contributed by atoms with Crippen LogP contribution in [0.4, 0.5) is 13.2 Å². The Hall–Kier alpha value is -3.53. The summed E-state index contributed by atoms with van der Waals surface area (Å²) in [5, 5.41) is 6.88. The number of ether oxygens (including phenoxy) is 2. The normalized spacial score (nSPS) is 11.5. The molecule has 0 aliphatic heterocycles. The maximum absolute atomic E-state index is 13.0. The number of alkyl halides is 3. The molecule has 3 rings (SSSR count). The number of methoxy groups -OCH3 is 1. The fraction of sp³-hybridized carbons (Fsp3) is 0.304. The van der Waals surface area contributed by atoms with Crippen molar-refractivity contribution >= 4 is 5.91 Å². The van der Waals surface area contributed by atoms with Gasteiger partial charge in [0.25, 0.3) is 5.91 Å². The molecule has 176 valence electrons. The molecule has 0 spiro atoms. The van der Waals surface area contributed by atoms with E-state index in [1.165, 1.54) is 30.1 Å². The van der Waals surface area contributed by atoms with Gasteiger partial charge in [-0.15, -0.1) is 0 Å². The van der Waals surface area contributed by atoms with E-state index >= 15 is 0 Å². The molecular weight excluding hydrogens is 437 g/mol. The summed E-state index contributed by atoms with van der Waals surface area (Å²) in [6, 6.07) is 12.0. The minimum Gasteiger partial charge on any atom is -0.493 e. The Balaban J connectivity index is 1.66. The number of carbonyl (C=O) groups excluding carboxylic acids is 1. The molecule has 0 radical (unpaired) electrons.